The van der Waals surface area contributed by atoms with Gasteiger partial charge in [-0.05, 0) is 33.8 Å². The lowest BCUT2D eigenvalue weighted by Gasteiger charge is -2.34. The molecule has 1 rings (SSSR count). The molecule has 0 bridgehead atoms. The summed E-state index contributed by atoms with van der Waals surface area (Å²) in [7, 11) is 0. The molecule has 0 saturated carbocycles. The Labute approximate surface area is 155 Å². The summed E-state index contributed by atoms with van der Waals surface area (Å²) >= 11 is 0. The first kappa shape index (κ1) is 21.8. The first-order valence-electron chi connectivity index (χ1n) is 7.91. The topological polar surface area (TPSA) is 123 Å². The zero-order valence-electron chi connectivity index (χ0n) is 15.6. The van der Waals surface area contributed by atoms with Crippen LogP contribution in [0, 0.1) is 0 Å². The van der Waals surface area contributed by atoms with Gasteiger partial charge < -0.3 is 0 Å². The van der Waals surface area contributed by atoms with Crippen molar-refractivity contribution in [3.63, 3.8) is 0 Å². The third kappa shape index (κ3) is 3.64. The Morgan fingerprint density at radius 2 is 1.30 bits per heavy atom. The molecule has 1 aromatic rings. The fourth-order valence-corrected chi connectivity index (χ4v) is 2.86. The Morgan fingerprint density at radius 1 is 0.815 bits per heavy atom. The lowest BCUT2D eigenvalue weighted by atomic mass is 9.87. The molecule has 0 aromatic heterocycles. The number of benzene rings is 1. The summed E-state index contributed by atoms with van der Waals surface area (Å²) in [5.74, 6) is -5.42. The maximum absolute atomic E-state index is 13.1. The summed E-state index contributed by atoms with van der Waals surface area (Å²) in [6.45, 7) is 5.03. The predicted molar refractivity (Wildman–Crippen MR) is 93.5 cm³/mol. The highest BCUT2D eigenvalue weighted by molar-refractivity contribution is 6.29. The van der Waals surface area contributed by atoms with Gasteiger partial charge in [0, 0.05) is 18.1 Å². The van der Waals surface area contributed by atoms with Gasteiger partial charge in [0.05, 0.1) is 5.56 Å². The monoisotopic (exact) mass is 373 g/mol. The molecule has 142 valence electrons. The SMILES string of the molecule is CC(=O)c1cccc(C(=O)N(C(C)=O)C(C=O)(C(C)=O)C(C)=O)c1C(C)=O. The molecule has 0 fully saturated rings. The molecule has 8 heteroatoms. The molecule has 0 spiro atoms. The molecule has 0 atom stereocenters. The van der Waals surface area contributed by atoms with Gasteiger partial charge in [-0.2, -0.15) is 0 Å². The number of amides is 2. The fraction of sp³-hybridized carbons (Fsp3) is 0.316. The van der Waals surface area contributed by atoms with Crippen molar-refractivity contribution >= 4 is 41.2 Å². The van der Waals surface area contributed by atoms with Crippen LogP contribution < -0.4 is 0 Å². The molecule has 0 heterocycles. The number of imide groups is 1. The molecule has 0 aliphatic rings. The van der Waals surface area contributed by atoms with Gasteiger partial charge in [-0.25, -0.2) is 0 Å². The van der Waals surface area contributed by atoms with E-state index in [0.717, 1.165) is 27.7 Å². The summed E-state index contributed by atoms with van der Waals surface area (Å²) in [4.78, 5) is 85.2. The Bertz CT molecular complexity index is 868. The second-order valence-corrected chi connectivity index (χ2v) is 6.00. The van der Waals surface area contributed by atoms with Crippen LogP contribution in [0.3, 0.4) is 0 Å². The molecule has 0 saturated heterocycles. The molecule has 8 nitrogen and oxygen atoms in total. The second-order valence-electron chi connectivity index (χ2n) is 6.00. The zero-order chi connectivity index (χ0) is 21.1. The summed E-state index contributed by atoms with van der Waals surface area (Å²) in [5, 5.41) is 0. The number of hydrogen-bond acceptors (Lipinski definition) is 7. The average molecular weight is 373 g/mol. The van der Waals surface area contributed by atoms with E-state index in [1.165, 1.54) is 25.1 Å². The maximum Gasteiger partial charge on any atom is 0.262 e. The van der Waals surface area contributed by atoms with E-state index in [1.807, 2.05) is 0 Å². The summed E-state index contributed by atoms with van der Waals surface area (Å²) in [6, 6.07) is 3.83. The van der Waals surface area contributed by atoms with Crippen LogP contribution in [0.5, 0.6) is 0 Å². The van der Waals surface area contributed by atoms with Crippen LogP contribution in [0.25, 0.3) is 0 Å². The fourth-order valence-electron chi connectivity index (χ4n) is 2.86. The highest BCUT2D eigenvalue weighted by atomic mass is 16.2. The average Bonchev–Trinajstić information content (AvgIpc) is 2.56. The molecule has 0 N–H and O–H groups in total. The van der Waals surface area contributed by atoms with Crippen molar-refractivity contribution in [1.29, 1.82) is 0 Å². The maximum atomic E-state index is 13.1. The molecule has 27 heavy (non-hydrogen) atoms. The third-order valence-electron chi connectivity index (χ3n) is 4.14. The molecule has 0 aliphatic carbocycles. The first-order chi connectivity index (χ1) is 12.4. The van der Waals surface area contributed by atoms with E-state index in [1.54, 1.807) is 0 Å². The van der Waals surface area contributed by atoms with Crippen LogP contribution in [-0.2, 0) is 19.2 Å². The quantitative estimate of drug-likeness (QED) is 0.400. The van der Waals surface area contributed by atoms with Crippen molar-refractivity contribution in [3.8, 4) is 0 Å². The van der Waals surface area contributed by atoms with Crippen LogP contribution >= 0.6 is 0 Å². The second kappa shape index (κ2) is 7.94. The Balaban J connectivity index is 3.87. The van der Waals surface area contributed by atoms with E-state index >= 15 is 0 Å². The minimum Gasteiger partial charge on any atom is -0.300 e. The van der Waals surface area contributed by atoms with E-state index in [0.29, 0.717) is 0 Å². The van der Waals surface area contributed by atoms with E-state index < -0.39 is 40.5 Å². The van der Waals surface area contributed by atoms with Gasteiger partial charge in [0.2, 0.25) is 11.4 Å². The van der Waals surface area contributed by atoms with Crippen LogP contribution in [0.2, 0.25) is 0 Å². The molecular formula is C19H19NO7. The number of aldehydes is 1. The largest absolute Gasteiger partial charge is 0.300 e. The van der Waals surface area contributed by atoms with Gasteiger partial charge in [0.1, 0.15) is 0 Å². The van der Waals surface area contributed by atoms with E-state index in [-0.39, 0.29) is 27.9 Å². The predicted octanol–water partition coefficient (Wildman–Crippen LogP) is 1.20. The van der Waals surface area contributed by atoms with Crippen LogP contribution in [0.1, 0.15) is 65.7 Å². The molecule has 0 radical (unpaired) electrons. The summed E-state index contributed by atoms with van der Waals surface area (Å²) in [6.07, 6.45) is -0.0702. The van der Waals surface area contributed by atoms with Crippen molar-refractivity contribution < 1.29 is 33.6 Å². The molecule has 2 amide bonds. The smallest absolute Gasteiger partial charge is 0.262 e. The van der Waals surface area contributed by atoms with E-state index in [9.17, 15) is 33.6 Å². The van der Waals surface area contributed by atoms with Crippen LogP contribution in [-0.4, -0.2) is 51.7 Å². The number of rotatable bonds is 7. The number of ketones is 4. The standard InChI is InChI=1S/C19H19NO7/c1-10(22)15-7-6-8-16(17(15)11(2)23)18(27)20(14(5)26)19(9-21,12(3)24)13(4)25/h6-9H,1-5H3. The van der Waals surface area contributed by atoms with Crippen molar-refractivity contribution in [1.82, 2.24) is 4.90 Å². The zero-order valence-corrected chi connectivity index (χ0v) is 15.6. The van der Waals surface area contributed by atoms with Gasteiger partial charge in [-0.1, -0.05) is 12.1 Å². The molecular weight excluding hydrogens is 354 g/mol. The number of carbonyl (C=O) groups is 7. The first-order valence-corrected chi connectivity index (χ1v) is 7.91. The number of Topliss-reactive ketones (excluding diaryl/α,β-unsaturated/α-hetero) is 4. The summed E-state index contributed by atoms with van der Waals surface area (Å²) in [5.41, 5.74) is -3.32. The summed E-state index contributed by atoms with van der Waals surface area (Å²) < 4.78 is 0. The minimum atomic E-state index is -2.65. The Morgan fingerprint density at radius 3 is 1.63 bits per heavy atom. The van der Waals surface area contributed by atoms with Gasteiger partial charge in [0.25, 0.3) is 5.91 Å². The minimum absolute atomic E-state index is 0.0563. The lowest BCUT2D eigenvalue weighted by Crippen LogP contribution is -2.63. The molecule has 0 unspecified atom stereocenters. The van der Waals surface area contributed by atoms with Crippen molar-refractivity contribution in [2.45, 2.75) is 40.2 Å². The number of hydrogen-bond donors (Lipinski definition) is 0. The Hall–Kier alpha value is -3.29. The highest BCUT2D eigenvalue weighted by Gasteiger charge is 2.51. The van der Waals surface area contributed by atoms with Crippen LogP contribution in [0.4, 0.5) is 0 Å². The van der Waals surface area contributed by atoms with E-state index in [4.69, 9.17) is 0 Å². The van der Waals surface area contributed by atoms with Gasteiger partial charge in [-0.15, -0.1) is 0 Å². The number of nitrogens with zero attached hydrogens (tertiary/aromatic N) is 1. The van der Waals surface area contributed by atoms with E-state index in [2.05, 4.69) is 0 Å². The van der Waals surface area contributed by atoms with Crippen molar-refractivity contribution in [3.05, 3.63) is 34.9 Å². The highest BCUT2D eigenvalue weighted by Crippen LogP contribution is 2.24. The van der Waals surface area contributed by atoms with Crippen molar-refractivity contribution in [2.24, 2.45) is 0 Å². The normalized spacial score (nSPS) is 10.7. The Kier molecular flexibility index (Phi) is 6.40. The van der Waals surface area contributed by atoms with Gasteiger partial charge in [-0.3, -0.25) is 38.5 Å². The van der Waals surface area contributed by atoms with Crippen LogP contribution in [0.15, 0.2) is 18.2 Å². The van der Waals surface area contributed by atoms with Crippen molar-refractivity contribution in [2.75, 3.05) is 0 Å². The van der Waals surface area contributed by atoms with Gasteiger partial charge in [0.15, 0.2) is 29.4 Å². The molecule has 1 aromatic carbocycles. The lowest BCUT2D eigenvalue weighted by molar-refractivity contribution is -0.151. The van der Waals surface area contributed by atoms with Gasteiger partial charge >= 0.3 is 0 Å². The third-order valence-corrected chi connectivity index (χ3v) is 4.14. The molecule has 0 aliphatic heterocycles. The number of carbonyl (C=O) groups excluding carboxylic acids is 7.